The Morgan fingerprint density at radius 2 is 1.85 bits per heavy atom. The summed E-state index contributed by atoms with van der Waals surface area (Å²) in [5.74, 6) is -0.623. The van der Waals surface area contributed by atoms with Gasteiger partial charge in [-0.05, 0) is 43.9 Å². The predicted molar refractivity (Wildman–Crippen MR) is 71.9 cm³/mol. The fourth-order valence-electron chi connectivity index (χ4n) is 3.34. The van der Waals surface area contributed by atoms with Crippen LogP contribution in [0.5, 0.6) is 0 Å². The molecule has 0 spiro atoms. The van der Waals surface area contributed by atoms with Crippen LogP contribution in [-0.4, -0.2) is 36.0 Å². The van der Waals surface area contributed by atoms with E-state index in [0.717, 1.165) is 25.0 Å². The summed E-state index contributed by atoms with van der Waals surface area (Å²) < 4.78 is 40.2. The third-order valence-electron chi connectivity index (χ3n) is 4.17. The van der Waals surface area contributed by atoms with Crippen molar-refractivity contribution in [3.05, 3.63) is 24.0 Å². The first kappa shape index (κ1) is 13.8. The maximum Gasteiger partial charge on any atom is 0.245 e. The van der Waals surface area contributed by atoms with Gasteiger partial charge in [-0.15, -0.1) is 0 Å². The minimum Gasteiger partial charge on any atom is -0.398 e. The van der Waals surface area contributed by atoms with Crippen molar-refractivity contribution in [3.63, 3.8) is 0 Å². The molecule has 0 saturated carbocycles. The van der Waals surface area contributed by atoms with Crippen molar-refractivity contribution in [1.29, 1.82) is 0 Å². The van der Waals surface area contributed by atoms with Gasteiger partial charge in [-0.1, -0.05) is 0 Å². The molecule has 0 aromatic heterocycles. The van der Waals surface area contributed by atoms with Gasteiger partial charge in [0.2, 0.25) is 10.0 Å². The highest BCUT2D eigenvalue weighted by molar-refractivity contribution is 7.89. The molecule has 2 fully saturated rings. The predicted octanol–water partition coefficient (Wildman–Crippen LogP) is 1.08. The number of fused-ring (bicyclic) bond motifs is 2. The van der Waals surface area contributed by atoms with Crippen LogP contribution < -0.4 is 5.73 Å². The summed E-state index contributed by atoms with van der Waals surface area (Å²) in [6, 6.07) is 2.95. The van der Waals surface area contributed by atoms with Crippen LogP contribution in [0.3, 0.4) is 0 Å². The average molecular weight is 300 g/mol. The minimum absolute atomic E-state index is 0.0527. The van der Waals surface area contributed by atoms with Gasteiger partial charge in [0.25, 0.3) is 0 Å². The highest BCUT2D eigenvalue weighted by Crippen LogP contribution is 2.40. The van der Waals surface area contributed by atoms with Gasteiger partial charge in [0.1, 0.15) is 10.7 Å². The zero-order valence-electron chi connectivity index (χ0n) is 10.9. The van der Waals surface area contributed by atoms with E-state index in [1.54, 1.807) is 0 Å². The van der Waals surface area contributed by atoms with Crippen molar-refractivity contribution in [2.24, 2.45) is 0 Å². The Kier molecular flexibility index (Phi) is 3.23. The van der Waals surface area contributed by atoms with E-state index in [-0.39, 0.29) is 22.7 Å². The monoisotopic (exact) mass is 300 g/mol. The van der Waals surface area contributed by atoms with Crippen molar-refractivity contribution in [2.75, 3.05) is 5.73 Å². The molecule has 2 atom stereocenters. The van der Waals surface area contributed by atoms with Crippen molar-refractivity contribution >= 4 is 15.7 Å². The van der Waals surface area contributed by atoms with Crippen LogP contribution in [0.4, 0.5) is 10.1 Å². The van der Waals surface area contributed by atoms with Crippen LogP contribution in [0.15, 0.2) is 23.1 Å². The first-order valence-corrected chi connectivity index (χ1v) is 8.10. The Morgan fingerprint density at radius 3 is 2.45 bits per heavy atom. The Labute approximate surface area is 117 Å². The van der Waals surface area contributed by atoms with E-state index in [1.165, 1.54) is 10.4 Å². The first-order chi connectivity index (χ1) is 9.39. The molecular weight excluding hydrogens is 283 g/mol. The number of nitrogens with two attached hydrogens (primary N) is 1. The van der Waals surface area contributed by atoms with Crippen LogP contribution in [0.25, 0.3) is 0 Å². The number of aliphatic hydroxyl groups is 1. The van der Waals surface area contributed by atoms with Crippen molar-refractivity contribution in [3.8, 4) is 0 Å². The van der Waals surface area contributed by atoms with Crippen LogP contribution >= 0.6 is 0 Å². The molecule has 2 aliphatic heterocycles. The number of sulfonamides is 1. The number of nitrogen functional groups attached to an aromatic ring is 1. The van der Waals surface area contributed by atoms with E-state index >= 15 is 0 Å². The van der Waals surface area contributed by atoms with Gasteiger partial charge in [-0.3, -0.25) is 0 Å². The number of aliphatic hydroxyl groups excluding tert-OH is 1. The van der Waals surface area contributed by atoms with Crippen LogP contribution in [0.1, 0.15) is 25.7 Å². The quantitative estimate of drug-likeness (QED) is 0.801. The minimum atomic E-state index is -3.82. The largest absolute Gasteiger partial charge is 0.398 e. The van der Waals surface area contributed by atoms with Gasteiger partial charge in [0.05, 0.1) is 11.8 Å². The Bertz CT molecular complexity index is 621. The van der Waals surface area contributed by atoms with Gasteiger partial charge < -0.3 is 10.8 Å². The number of hydrogen-bond donors (Lipinski definition) is 2. The Hall–Kier alpha value is -1.18. The average Bonchev–Trinajstić information content (AvgIpc) is 2.66. The second-order valence-corrected chi connectivity index (χ2v) is 7.34. The Balaban J connectivity index is 2.03. The molecule has 2 unspecified atom stereocenters. The summed E-state index contributed by atoms with van der Waals surface area (Å²) in [6.07, 6.45) is 1.88. The highest BCUT2D eigenvalue weighted by atomic mass is 32.2. The van der Waals surface area contributed by atoms with Crippen LogP contribution in [0, 0.1) is 5.82 Å². The zero-order valence-corrected chi connectivity index (χ0v) is 11.7. The number of anilines is 1. The molecule has 1 aromatic rings. The SMILES string of the molecule is Nc1ccc(F)cc1S(=O)(=O)N1C2CCC1CC(O)C2. The van der Waals surface area contributed by atoms with Gasteiger partial charge in [0.15, 0.2) is 0 Å². The summed E-state index contributed by atoms with van der Waals surface area (Å²) in [7, 11) is -3.82. The molecule has 3 N–H and O–H groups in total. The second-order valence-electron chi connectivity index (χ2n) is 5.53. The molecule has 2 heterocycles. The molecule has 2 bridgehead atoms. The summed E-state index contributed by atoms with van der Waals surface area (Å²) in [5, 5.41) is 9.74. The molecule has 3 rings (SSSR count). The van der Waals surface area contributed by atoms with E-state index in [0.29, 0.717) is 12.8 Å². The van der Waals surface area contributed by atoms with Gasteiger partial charge in [0, 0.05) is 12.1 Å². The fraction of sp³-hybridized carbons (Fsp3) is 0.538. The van der Waals surface area contributed by atoms with Crippen molar-refractivity contribution < 1.29 is 17.9 Å². The molecule has 0 radical (unpaired) electrons. The lowest BCUT2D eigenvalue weighted by Gasteiger charge is -2.36. The van der Waals surface area contributed by atoms with Crippen molar-refractivity contribution in [2.45, 2.75) is 48.8 Å². The molecule has 20 heavy (non-hydrogen) atoms. The molecule has 5 nitrogen and oxygen atoms in total. The molecule has 2 aliphatic rings. The summed E-state index contributed by atoms with van der Waals surface area (Å²) in [6.45, 7) is 0. The molecule has 1 aromatic carbocycles. The normalized spacial score (nSPS) is 30.6. The first-order valence-electron chi connectivity index (χ1n) is 6.66. The number of rotatable bonds is 2. The van der Waals surface area contributed by atoms with E-state index in [2.05, 4.69) is 0 Å². The zero-order chi connectivity index (χ0) is 14.5. The maximum absolute atomic E-state index is 13.3. The third-order valence-corrected chi connectivity index (χ3v) is 6.23. The lowest BCUT2D eigenvalue weighted by atomic mass is 10.0. The number of benzene rings is 1. The molecule has 0 aliphatic carbocycles. The smallest absolute Gasteiger partial charge is 0.245 e. The summed E-state index contributed by atoms with van der Waals surface area (Å²) in [5.41, 5.74) is 5.75. The second kappa shape index (κ2) is 4.68. The molecular formula is C13H17FN2O3S. The number of hydrogen-bond acceptors (Lipinski definition) is 4. The van der Waals surface area contributed by atoms with Crippen LogP contribution in [-0.2, 0) is 10.0 Å². The lowest BCUT2D eigenvalue weighted by Crippen LogP contribution is -2.47. The topological polar surface area (TPSA) is 83.6 Å². The lowest BCUT2D eigenvalue weighted by molar-refractivity contribution is 0.0769. The van der Waals surface area contributed by atoms with E-state index in [4.69, 9.17) is 5.73 Å². The van der Waals surface area contributed by atoms with Gasteiger partial charge in [-0.2, -0.15) is 4.31 Å². The van der Waals surface area contributed by atoms with Crippen molar-refractivity contribution in [1.82, 2.24) is 4.31 Å². The highest BCUT2D eigenvalue weighted by Gasteiger charge is 2.47. The summed E-state index contributed by atoms with van der Waals surface area (Å²) in [4.78, 5) is -0.175. The molecule has 2 saturated heterocycles. The van der Waals surface area contributed by atoms with E-state index in [1.807, 2.05) is 0 Å². The fourth-order valence-corrected chi connectivity index (χ4v) is 5.37. The molecule has 0 amide bonds. The third kappa shape index (κ3) is 2.10. The molecule has 7 heteroatoms. The number of piperidine rings is 1. The number of nitrogens with zero attached hydrogens (tertiary/aromatic N) is 1. The van der Waals surface area contributed by atoms with E-state index in [9.17, 15) is 17.9 Å². The maximum atomic E-state index is 13.3. The Morgan fingerprint density at radius 1 is 1.25 bits per heavy atom. The van der Waals surface area contributed by atoms with Crippen LogP contribution in [0.2, 0.25) is 0 Å². The number of halogens is 1. The standard InChI is InChI=1S/C13H17FN2O3S/c14-8-1-4-12(15)13(5-8)20(18,19)16-9-2-3-10(16)7-11(17)6-9/h1,4-5,9-11,17H,2-3,6-7,15H2. The van der Waals surface area contributed by atoms with Gasteiger partial charge >= 0.3 is 0 Å². The van der Waals surface area contributed by atoms with E-state index < -0.39 is 21.9 Å². The van der Waals surface area contributed by atoms with Gasteiger partial charge in [-0.25, -0.2) is 12.8 Å². The summed E-state index contributed by atoms with van der Waals surface area (Å²) >= 11 is 0. The molecule has 110 valence electrons.